The van der Waals surface area contributed by atoms with Crippen LogP contribution in [-0.4, -0.2) is 78.9 Å². The van der Waals surface area contributed by atoms with Gasteiger partial charge in [-0.25, -0.2) is 13.4 Å². The van der Waals surface area contributed by atoms with E-state index < -0.39 is 15.6 Å². The van der Waals surface area contributed by atoms with Crippen LogP contribution in [-0.2, 0) is 27.9 Å². The third-order valence-electron chi connectivity index (χ3n) is 6.06. The Balaban J connectivity index is 1.58. The first kappa shape index (κ1) is 25.9. The lowest BCUT2D eigenvalue weighted by Crippen LogP contribution is -2.46. The Morgan fingerprint density at radius 2 is 1.76 bits per heavy atom. The number of nitrogens with zero attached hydrogens (tertiary/aromatic N) is 5. The van der Waals surface area contributed by atoms with E-state index in [9.17, 15) is 18.0 Å². The molecule has 2 aromatic heterocycles. The summed E-state index contributed by atoms with van der Waals surface area (Å²) in [4.78, 5) is 33.8. The lowest BCUT2D eigenvalue weighted by Gasteiger charge is -2.34. The number of sulfonamides is 1. The van der Waals surface area contributed by atoms with Gasteiger partial charge in [-0.05, 0) is 24.2 Å². The second kappa shape index (κ2) is 11.6. The highest BCUT2D eigenvalue weighted by atomic mass is 32.2. The standard InChI is InChI=1S/C23H34N6O4S/c1-4-26-11-13-27(14-12-26)21-9-7-19(15-24-21)16-25-22(30)18-28-17-20(8-10-23(28)31)34(32,33)29(5-2)6-3/h7-10,15,17H,4-6,11-14,16,18H2,1-3H3,(H,25,30). The van der Waals surface area contributed by atoms with E-state index in [0.29, 0.717) is 13.1 Å². The minimum atomic E-state index is -3.72. The molecule has 0 aromatic carbocycles. The minimum Gasteiger partial charge on any atom is -0.354 e. The average molecular weight is 491 g/mol. The molecule has 1 N–H and O–H groups in total. The molecule has 1 fully saturated rings. The van der Waals surface area contributed by atoms with Crippen molar-refractivity contribution in [1.29, 1.82) is 0 Å². The van der Waals surface area contributed by atoms with Crippen LogP contribution in [0.4, 0.5) is 5.82 Å². The molecule has 11 heteroatoms. The number of piperazine rings is 1. The maximum absolute atomic E-state index is 12.7. The van der Waals surface area contributed by atoms with E-state index in [1.165, 1.54) is 22.6 Å². The third kappa shape index (κ3) is 6.22. The summed E-state index contributed by atoms with van der Waals surface area (Å²) >= 11 is 0. The predicted molar refractivity (Wildman–Crippen MR) is 131 cm³/mol. The van der Waals surface area contributed by atoms with Crippen LogP contribution >= 0.6 is 0 Å². The van der Waals surface area contributed by atoms with Crippen molar-refractivity contribution in [2.24, 2.45) is 0 Å². The lowest BCUT2D eigenvalue weighted by molar-refractivity contribution is -0.121. The zero-order valence-electron chi connectivity index (χ0n) is 20.1. The average Bonchev–Trinajstić information content (AvgIpc) is 2.85. The molecule has 34 heavy (non-hydrogen) atoms. The van der Waals surface area contributed by atoms with Gasteiger partial charge in [0, 0.05) is 64.3 Å². The zero-order chi connectivity index (χ0) is 24.7. The number of carbonyl (C=O) groups is 1. The van der Waals surface area contributed by atoms with Gasteiger partial charge in [0.1, 0.15) is 12.4 Å². The molecule has 0 saturated carbocycles. The molecular formula is C23H34N6O4S. The summed E-state index contributed by atoms with van der Waals surface area (Å²) in [6, 6.07) is 6.33. The lowest BCUT2D eigenvalue weighted by atomic mass is 10.2. The SMILES string of the molecule is CCN1CCN(c2ccc(CNC(=O)Cn3cc(S(=O)(=O)N(CC)CC)ccc3=O)cn2)CC1. The molecular weight excluding hydrogens is 456 g/mol. The fraction of sp³-hybridized carbons (Fsp3) is 0.522. The first-order valence-electron chi connectivity index (χ1n) is 11.7. The fourth-order valence-corrected chi connectivity index (χ4v) is 5.39. The molecule has 10 nitrogen and oxygen atoms in total. The third-order valence-corrected chi connectivity index (χ3v) is 8.09. The van der Waals surface area contributed by atoms with Crippen molar-refractivity contribution in [3.05, 3.63) is 52.6 Å². The van der Waals surface area contributed by atoms with Gasteiger partial charge < -0.3 is 19.7 Å². The number of carbonyl (C=O) groups excluding carboxylic acids is 1. The van der Waals surface area contributed by atoms with Gasteiger partial charge in [0.2, 0.25) is 15.9 Å². The van der Waals surface area contributed by atoms with Gasteiger partial charge in [-0.3, -0.25) is 9.59 Å². The number of likely N-dealkylation sites (N-methyl/N-ethyl adjacent to an activating group) is 1. The smallest absolute Gasteiger partial charge is 0.251 e. The molecule has 0 spiro atoms. The number of rotatable bonds is 10. The Bertz CT molecular complexity index is 1120. The summed E-state index contributed by atoms with van der Waals surface area (Å²) in [5.41, 5.74) is 0.400. The first-order chi connectivity index (χ1) is 16.3. The second-order valence-electron chi connectivity index (χ2n) is 8.14. The first-order valence-corrected chi connectivity index (χ1v) is 13.1. The van der Waals surface area contributed by atoms with E-state index in [-0.39, 0.29) is 23.9 Å². The second-order valence-corrected chi connectivity index (χ2v) is 10.1. The van der Waals surface area contributed by atoms with E-state index in [0.717, 1.165) is 48.7 Å². The number of hydrogen-bond donors (Lipinski definition) is 1. The van der Waals surface area contributed by atoms with Crippen molar-refractivity contribution in [2.45, 2.75) is 38.8 Å². The summed E-state index contributed by atoms with van der Waals surface area (Å²) in [6.07, 6.45) is 2.97. The zero-order valence-corrected chi connectivity index (χ0v) is 20.9. The molecule has 1 saturated heterocycles. The van der Waals surface area contributed by atoms with Crippen molar-refractivity contribution >= 4 is 21.7 Å². The van der Waals surface area contributed by atoms with Gasteiger partial charge in [0.25, 0.3) is 5.56 Å². The molecule has 0 atom stereocenters. The minimum absolute atomic E-state index is 0.0110. The maximum Gasteiger partial charge on any atom is 0.251 e. The van der Waals surface area contributed by atoms with Crippen molar-refractivity contribution < 1.29 is 13.2 Å². The molecule has 2 aromatic rings. The number of amides is 1. The van der Waals surface area contributed by atoms with Crippen molar-refractivity contribution in [3.63, 3.8) is 0 Å². The van der Waals surface area contributed by atoms with Crippen molar-refractivity contribution in [3.8, 4) is 0 Å². The number of nitrogens with one attached hydrogen (secondary N) is 1. The molecule has 1 aliphatic heterocycles. The Morgan fingerprint density at radius 3 is 2.35 bits per heavy atom. The molecule has 3 rings (SSSR count). The Kier molecular flexibility index (Phi) is 8.81. The topological polar surface area (TPSA) is 108 Å². The summed E-state index contributed by atoms with van der Waals surface area (Å²) in [7, 11) is -3.72. The number of anilines is 1. The van der Waals surface area contributed by atoms with E-state index in [2.05, 4.69) is 27.0 Å². The van der Waals surface area contributed by atoms with Crippen LogP contribution in [0, 0.1) is 0 Å². The van der Waals surface area contributed by atoms with Crippen LogP contribution < -0.4 is 15.8 Å². The molecule has 1 aliphatic rings. The van der Waals surface area contributed by atoms with E-state index >= 15 is 0 Å². The van der Waals surface area contributed by atoms with Gasteiger partial charge in [0.15, 0.2) is 0 Å². The van der Waals surface area contributed by atoms with Crippen LogP contribution in [0.2, 0.25) is 0 Å². The molecule has 1 amide bonds. The summed E-state index contributed by atoms with van der Waals surface area (Å²) in [5, 5.41) is 2.77. The quantitative estimate of drug-likeness (QED) is 0.523. The van der Waals surface area contributed by atoms with Gasteiger partial charge in [0.05, 0.1) is 4.90 Å². The van der Waals surface area contributed by atoms with Gasteiger partial charge in [-0.15, -0.1) is 0 Å². The number of hydrogen-bond acceptors (Lipinski definition) is 7. The summed E-state index contributed by atoms with van der Waals surface area (Å²) in [6.45, 7) is 11.3. The monoisotopic (exact) mass is 490 g/mol. The van der Waals surface area contributed by atoms with E-state index in [4.69, 9.17) is 0 Å². The molecule has 3 heterocycles. The molecule has 0 unspecified atom stereocenters. The van der Waals surface area contributed by atoms with Crippen LogP contribution in [0.15, 0.2) is 46.3 Å². The number of pyridine rings is 2. The fourth-order valence-electron chi connectivity index (χ4n) is 3.91. The normalized spacial score (nSPS) is 15.0. The summed E-state index contributed by atoms with van der Waals surface area (Å²) < 4.78 is 27.9. The highest BCUT2D eigenvalue weighted by molar-refractivity contribution is 7.89. The largest absolute Gasteiger partial charge is 0.354 e. The highest BCUT2D eigenvalue weighted by Gasteiger charge is 2.22. The Labute approximate surface area is 201 Å². The van der Waals surface area contributed by atoms with Gasteiger partial charge >= 0.3 is 0 Å². The highest BCUT2D eigenvalue weighted by Crippen LogP contribution is 2.15. The molecule has 186 valence electrons. The predicted octanol–water partition coefficient (Wildman–Crippen LogP) is 0.732. The van der Waals surface area contributed by atoms with Gasteiger partial charge in [-0.2, -0.15) is 4.31 Å². The molecule has 0 radical (unpaired) electrons. The number of aromatic nitrogens is 2. The molecule has 0 bridgehead atoms. The molecule has 0 aliphatic carbocycles. The Morgan fingerprint density at radius 1 is 1.06 bits per heavy atom. The van der Waals surface area contributed by atoms with Gasteiger partial charge in [-0.1, -0.05) is 26.8 Å². The van der Waals surface area contributed by atoms with Crippen molar-refractivity contribution in [1.82, 2.24) is 24.1 Å². The van der Waals surface area contributed by atoms with Crippen LogP contribution in [0.25, 0.3) is 0 Å². The van der Waals surface area contributed by atoms with E-state index in [1.807, 2.05) is 12.1 Å². The van der Waals surface area contributed by atoms with Crippen LogP contribution in [0.3, 0.4) is 0 Å². The Hall–Kier alpha value is -2.76. The van der Waals surface area contributed by atoms with Crippen LogP contribution in [0.5, 0.6) is 0 Å². The summed E-state index contributed by atoms with van der Waals surface area (Å²) in [5.74, 6) is 0.530. The van der Waals surface area contributed by atoms with Crippen molar-refractivity contribution in [2.75, 3.05) is 50.7 Å². The van der Waals surface area contributed by atoms with E-state index in [1.54, 1.807) is 20.0 Å². The maximum atomic E-state index is 12.7. The van der Waals surface area contributed by atoms with Crippen LogP contribution in [0.1, 0.15) is 26.3 Å².